The summed E-state index contributed by atoms with van der Waals surface area (Å²) in [6.45, 7) is 14.7. The Morgan fingerprint density at radius 2 is 1.76 bits per heavy atom. The third-order valence-electron chi connectivity index (χ3n) is 5.05. The van der Waals surface area contributed by atoms with Gasteiger partial charge in [0.1, 0.15) is 0 Å². The molecule has 3 atom stereocenters. The first kappa shape index (κ1) is 22.1. The molecule has 1 unspecified atom stereocenters. The van der Waals surface area contributed by atoms with E-state index in [1.165, 1.54) is 31.2 Å². The van der Waals surface area contributed by atoms with Crippen molar-refractivity contribution in [2.45, 2.75) is 83.9 Å². The van der Waals surface area contributed by atoms with Gasteiger partial charge in [0.05, 0.1) is 21.8 Å². The minimum absolute atomic E-state index is 0.0119. The van der Waals surface area contributed by atoms with Gasteiger partial charge < -0.3 is 0 Å². The van der Waals surface area contributed by atoms with Crippen LogP contribution in [0.15, 0.2) is 43.0 Å². The van der Waals surface area contributed by atoms with Crippen molar-refractivity contribution >= 4 is 11.0 Å². The van der Waals surface area contributed by atoms with Gasteiger partial charge in [0, 0.05) is 5.41 Å². The van der Waals surface area contributed by atoms with Crippen molar-refractivity contribution in [3.63, 3.8) is 0 Å². The second kappa shape index (κ2) is 10.3. The third-order valence-corrected chi connectivity index (χ3v) is 6.61. The van der Waals surface area contributed by atoms with Gasteiger partial charge in [0.2, 0.25) is 0 Å². The Balaban J connectivity index is 3.16. The van der Waals surface area contributed by atoms with Crippen LogP contribution in [-0.4, -0.2) is 8.96 Å². The first-order chi connectivity index (χ1) is 11.8. The Labute approximate surface area is 158 Å². The molecule has 0 amide bonds. The van der Waals surface area contributed by atoms with E-state index in [0.29, 0.717) is 0 Å². The molecule has 1 aromatic rings. The number of rotatable bonds is 11. The van der Waals surface area contributed by atoms with Crippen molar-refractivity contribution in [2.75, 3.05) is 0 Å². The molecule has 1 aromatic carbocycles. The molecule has 0 spiro atoms. The molecule has 0 heterocycles. The Morgan fingerprint density at radius 1 is 1.12 bits per heavy atom. The lowest BCUT2D eigenvalue weighted by atomic mass is 9.72. The fraction of sp³-hybridized carbons (Fsp3) is 0.636. The van der Waals surface area contributed by atoms with E-state index < -0.39 is 11.0 Å². The first-order valence-corrected chi connectivity index (χ1v) is 10.8. The summed E-state index contributed by atoms with van der Waals surface area (Å²) in [7, 11) is -1.12. The molecule has 0 aliphatic heterocycles. The van der Waals surface area contributed by atoms with E-state index in [-0.39, 0.29) is 16.2 Å². The number of hydrogen-bond donors (Lipinski definition) is 1. The van der Waals surface area contributed by atoms with Gasteiger partial charge in [-0.15, -0.1) is 6.58 Å². The molecule has 2 nitrogen and oxygen atoms in total. The molecule has 0 aliphatic rings. The van der Waals surface area contributed by atoms with Crippen LogP contribution in [0.3, 0.4) is 0 Å². The Morgan fingerprint density at radius 3 is 2.24 bits per heavy atom. The molecule has 0 bridgehead atoms. The highest BCUT2D eigenvalue weighted by Gasteiger charge is 2.37. The average Bonchev–Trinajstić information content (AvgIpc) is 2.60. The zero-order valence-corrected chi connectivity index (χ0v) is 17.6. The topological polar surface area (TPSA) is 29.1 Å². The summed E-state index contributed by atoms with van der Waals surface area (Å²) in [4.78, 5) is 0. The molecule has 1 rings (SSSR count). The van der Waals surface area contributed by atoms with Gasteiger partial charge in [-0.1, -0.05) is 75.9 Å². The average molecular weight is 364 g/mol. The van der Waals surface area contributed by atoms with Gasteiger partial charge in [-0.25, -0.2) is 8.93 Å². The van der Waals surface area contributed by atoms with Gasteiger partial charge in [0.25, 0.3) is 0 Å². The van der Waals surface area contributed by atoms with Crippen LogP contribution in [0.2, 0.25) is 0 Å². The van der Waals surface area contributed by atoms with Gasteiger partial charge in [0.15, 0.2) is 0 Å². The molecule has 0 saturated carbocycles. The fourth-order valence-electron chi connectivity index (χ4n) is 3.22. The second-order valence-corrected chi connectivity index (χ2v) is 9.94. The van der Waals surface area contributed by atoms with Crippen LogP contribution in [0.5, 0.6) is 0 Å². The number of unbranched alkanes of at least 4 members (excludes halogenated alkanes) is 3. The van der Waals surface area contributed by atoms with E-state index in [1.807, 2.05) is 26.8 Å². The minimum atomic E-state index is -1.12. The van der Waals surface area contributed by atoms with E-state index in [2.05, 4.69) is 55.5 Å². The molecule has 25 heavy (non-hydrogen) atoms. The lowest BCUT2D eigenvalue weighted by molar-refractivity contribution is 0.246. The van der Waals surface area contributed by atoms with Crippen molar-refractivity contribution in [3.8, 4) is 0 Å². The quantitative estimate of drug-likeness (QED) is 0.361. The summed E-state index contributed by atoms with van der Waals surface area (Å²) in [5.74, 6) is 0. The smallest absolute Gasteiger partial charge is 0.0976 e. The lowest BCUT2D eigenvalue weighted by Gasteiger charge is -2.40. The third kappa shape index (κ3) is 6.38. The van der Waals surface area contributed by atoms with Crippen molar-refractivity contribution in [2.24, 2.45) is 5.41 Å². The van der Waals surface area contributed by atoms with Gasteiger partial charge in [-0.2, -0.15) is 0 Å². The molecule has 0 radical (unpaired) electrons. The summed E-state index contributed by atoms with van der Waals surface area (Å²) >= 11 is 0. The number of hydrogen-bond acceptors (Lipinski definition) is 1. The van der Waals surface area contributed by atoms with Crippen LogP contribution in [-0.2, 0) is 11.0 Å². The summed E-state index contributed by atoms with van der Waals surface area (Å²) in [5.41, 5.74) is 1.10. The van der Waals surface area contributed by atoms with Gasteiger partial charge in [-0.05, 0) is 39.2 Å². The number of nitrogens with one attached hydrogen (secondary N) is 1. The van der Waals surface area contributed by atoms with Crippen molar-refractivity contribution < 1.29 is 4.21 Å². The molecule has 1 N–H and O–H groups in total. The van der Waals surface area contributed by atoms with Crippen LogP contribution in [0.1, 0.15) is 84.7 Å². The lowest BCUT2D eigenvalue weighted by Crippen LogP contribution is -2.42. The highest BCUT2D eigenvalue weighted by Crippen LogP contribution is 2.43. The predicted octanol–water partition coefficient (Wildman–Crippen LogP) is 6.33. The molecule has 0 saturated heterocycles. The first-order valence-electron chi connectivity index (χ1n) is 9.67. The normalized spacial score (nSPS) is 16.8. The highest BCUT2D eigenvalue weighted by atomic mass is 32.2. The maximum Gasteiger partial charge on any atom is 0.0976 e. The van der Waals surface area contributed by atoms with Crippen LogP contribution in [0, 0.1) is 5.41 Å². The zero-order chi connectivity index (χ0) is 18.9. The van der Waals surface area contributed by atoms with Gasteiger partial charge in [-0.3, -0.25) is 0 Å². The Hall–Kier alpha value is -0.930. The maximum absolute atomic E-state index is 12.9. The SMILES string of the molecule is C=C[C@](CC)(CCCCCC)[C@@H](NS(=O)C(C)(C)C)c1ccccc1. The molecule has 0 aliphatic carbocycles. The Kier molecular flexibility index (Phi) is 9.09. The summed E-state index contributed by atoms with van der Waals surface area (Å²) < 4.78 is 16.0. The standard InChI is InChI=1S/C22H37NOS/c1-7-10-11-15-18-22(8-2,9-3)20(19-16-13-12-14-17-19)23-25(24)21(4,5)6/h8,12-14,16-17,20,23H,2,7,9-11,15,18H2,1,3-6H3/t20-,22-,25?/m0/s1. The zero-order valence-electron chi connectivity index (χ0n) is 16.8. The van der Waals surface area contributed by atoms with Crippen LogP contribution < -0.4 is 4.72 Å². The van der Waals surface area contributed by atoms with Crippen LogP contribution in [0.25, 0.3) is 0 Å². The molecule has 0 aromatic heterocycles. The van der Waals surface area contributed by atoms with Crippen molar-refractivity contribution in [1.82, 2.24) is 4.72 Å². The molecular weight excluding hydrogens is 326 g/mol. The largest absolute Gasteiger partial charge is 0.242 e. The summed E-state index contributed by atoms with van der Waals surface area (Å²) in [5, 5.41) is 0. The molecular formula is C22H37NOS. The van der Waals surface area contributed by atoms with E-state index in [0.717, 1.165) is 12.8 Å². The highest BCUT2D eigenvalue weighted by molar-refractivity contribution is 7.84. The second-order valence-electron chi connectivity index (χ2n) is 7.94. The predicted molar refractivity (Wildman–Crippen MR) is 112 cm³/mol. The number of benzene rings is 1. The van der Waals surface area contributed by atoms with Crippen molar-refractivity contribution in [3.05, 3.63) is 48.6 Å². The van der Waals surface area contributed by atoms with E-state index in [4.69, 9.17) is 0 Å². The fourth-order valence-corrected chi connectivity index (χ4v) is 4.16. The van der Waals surface area contributed by atoms with Crippen LogP contribution in [0.4, 0.5) is 0 Å². The Bertz CT molecular complexity index is 535. The van der Waals surface area contributed by atoms with E-state index in [9.17, 15) is 4.21 Å². The molecule has 3 heteroatoms. The monoisotopic (exact) mass is 363 g/mol. The molecule has 142 valence electrons. The van der Waals surface area contributed by atoms with Crippen LogP contribution >= 0.6 is 0 Å². The van der Waals surface area contributed by atoms with Crippen molar-refractivity contribution in [1.29, 1.82) is 0 Å². The van der Waals surface area contributed by atoms with Gasteiger partial charge >= 0.3 is 0 Å². The summed E-state index contributed by atoms with van der Waals surface area (Å²) in [6.07, 6.45) is 9.09. The summed E-state index contributed by atoms with van der Waals surface area (Å²) in [6, 6.07) is 10.4. The minimum Gasteiger partial charge on any atom is -0.242 e. The van der Waals surface area contributed by atoms with E-state index in [1.54, 1.807) is 0 Å². The van der Waals surface area contributed by atoms with E-state index >= 15 is 0 Å². The maximum atomic E-state index is 12.9. The molecule has 0 fully saturated rings.